The Kier molecular flexibility index (Phi) is 7.93. The molecule has 2 aliphatic rings. The molecule has 0 radical (unpaired) electrons. The van der Waals surface area contributed by atoms with Gasteiger partial charge in [0.05, 0.1) is 6.61 Å². The van der Waals surface area contributed by atoms with Crippen molar-refractivity contribution in [3.05, 3.63) is 35.9 Å². The molecule has 0 amide bonds. The Bertz CT molecular complexity index is 565. The van der Waals surface area contributed by atoms with Crippen LogP contribution in [0.1, 0.15) is 12.0 Å². The lowest BCUT2D eigenvalue weighted by atomic mass is 10.1. The van der Waals surface area contributed by atoms with E-state index in [0.29, 0.717) is 5.92 Å². The Morgan fingerprint density at radius 2 is 1.93 bits per heavy atom. The van der Waals surface area contributed by atoms with Crippen LogP contribution in [0.15, 0.2) is 35.3 Å². The molecule has 0 bridgehead atoms. The summed E-state index contributed by atoms with van der Waals surface area (Å²) in [7, 11) is 3.99. The molecule has 1 N–H and O–H groups in total. The molecule has 2 aliphatic heterocycles. The van der Waals surface area contributed by atoms with Gasteiger partial charge in [0.1, 0.15) is 0 Å². The average Bonchev–Trinajstić information content (AvgIpc) is 3.20. The van der Waals surface area contributed by atoms with Crippen LogP contribution in [-0.2, 0) is 11.3 Å². The van der Waals surface area contributed by atoms with Crippen molar-refractivity contribution in [1.82, 2.24) is 20.0 Å². The van der Waals surface area contributed by atoms with Crippen molar-refractivity contribution in [2.24, 2.45) is 10.9 Å². The van der Waals surface area contributed by atoms with E-state index < -0.39 is 0 Å². The highest BCUT2D eigenvalue weighted by atomic mass is 16.5. The highest BCUT2D eigenvalue weighted by Crippen LogP contribution is 2.13. The van der Waals surface area contributed by atoms with E-state index in [4.69, 9.17) is 4.74 Å². The first-order valence-corrected chi connectivity index (χ1v) is 10.2. The molecule has 2 fully saturated rings. The topological polar surface area (TPSA) is 43.3 Å². The SMILES string of the molecule is CN=C(NCCN1CCN(Cc2ccccc2)CC1)N(C)CC1CCOC1. The van der Waals surface area contributed by atoms with Crippen LogP contribution in [-0.4, -0.2) is 93.8 Å². The molecule has 1 unspecified atom stereocenters. The number of hydrogen-bond donors (Lipinski definition) is 1. The highest BCUT2D eigenvalue weighted by Gasteiger charge is 2.20. The fourth-order valence-electron chi connectivity index (χ4n) is 3.92. The summed E-state index contributed by atoms with van der Waals surface area (Å²) in [6.45, 7) is 10.4. The van der Waals surface area contributed by atoms with Crippen LogP contribution in [0.2, 0.25) is 0 Å². The quantitative estimate of drug-likeness (QED) is 0.577. The van der Waals surface area contributed by atoms with Crippen molar-refractivity contribution >= 4 is 5.96 Å². The summed E-state index contributed by atoms with van der Waals surface area (Å²) in [4.78, 5) is 11.8. The molecule has 1 atom stereocenters. The maximum Gasteiger partial charge on any atom is 0.193 e. The Morgan fingerprint density at radius 3 is 2.59 bits per heavy atom. The van der Waals surface area contributed by atoms with Crippen LogP contribution in [0.4, 0.5) is 0 Å². The molecule has 0 spiro atoms. The summed E-state index contributed by atoms with van der Waals surface area (Å²) >= 11 is 0. The molecule has 1 aromatic carbocycles. The summed E-state index contributed by atoms with van der Waals surface area (Å²) in [5, 5.41) is 3.52. The first-order valence-electron chi connectivity index (χ1n) is 10.2. The molecule has 6 nitrogen and oxygen atoms in total. The summed E-state index contributed by atoms with van der Waals surface area (Å²) in [5.41, 5.74) is 1.41. The van der Waals surface area contributed by atoms with Gasteiger partial charge in [0, 0.05) is 79.0 Å². The standard InChI is InChI=1S/C21H35N5O/c1-22-21(24(2)16-20-8-15-27-18-20)23-9-10-25-11-13-26(14-12-25)17-19-6-4-3-5-7-19/h3-7,20H,8-18H2,1-2H3,(H,22,23). The minimum Gasteiger partial charge on any atom is -0.381 e. The van der Waals surface area contributed by atoms with E-state index in [9.17, 15) is 0 Å². The Balaban J connectivity index is 1.32. The predicted octanol–water partition coefficient (Wildman–Crippen LogP) is 1.35. The first kappa shape index (κ1) is 20.1. The zero-order valence-electron chi connectivity index (χ0n) is 16.9. The molecule has 6 heteroatoms. The predicted molar refractivity (Wildman–Crippen MR) is 111 cm³/mol. The van der Waals surface area contributed by atoms with E-state index >= 15 is 0 Å². The van der Waals surface area contributed by atoms with Crippen LogP contribution >= 0.6 is 0 Å². The second-order valence-electron chi connectivity index (χ2n) is 7.69. The number of ether oxygens (including phenoxy) is 1. The van der Waals surface area contributed by atoms with Gasteiger partial charge in [0.25, 0.3) is 0 Å². The van der Waals surface area contributed by atoms with Gasteiger partial charge in [-0.3, -0.25) is 14.8 Å². The molecule has 0 aromatic heterocycles. The number of guanidine groups is 1. The number of hydrogen-bond acceptors (Lipinski definition) is 4. The van der Waals surface area contributed by atoms with Crippen molar-refractivity contribution < 1.29 is 4.74 Å². The van der Waals surface area contributed by atoms with Gasteiger partial charge in [0.2, 0.25) is 0 Å². The highest BCUT2D eigenvalue weighted by molar-refractivity contribution is 5.79. The van der Waals surface area contributed by atoms with Gasteiger partial charge in [-0.05, 0) is 12.0 Å². The van der Waals surface area contributed by atoms with E-state index in [-0.39, 0.29) is 0 Å². The number of nitrogens with zero attached hydrogens (tertiary/aromatic N) is 4. The lowest BCUT2D eigenvalue weighted by Crippen LogP contribution is -2.49. The third-order valence-electron chi connectivity index (χ3n) is 5.55. The van der Waals surface area contributed by atoms with Gasteiger partial charge in [-0.15, -0.1) is 0 Å². The molecule has 150 valence electrons. The Labute approximate surface area is 164 Å². The third-order valence-corrected chi connectivity index (χ3v) is 5.55. The van der Waals surface area contributed by atoms with Gasteiger partial charge in [-0.1, -0.05) is 30.3 Å². The second kappa shape index (κ2) is 10.6. The van der Waals surface area contributed by atoms with Gasteiger partial charge >= 0.3 is 0 Å². The van der Waals surface area contributed by atoms with Crippen molar-refractivity contribution in [3.8, 4) is 0 Å². The minimum atomic E-state index is 0.631. The van der Waals surface area contributed by atoms with Crippen molar-refractivity contribution in [2.75, 3.05) is 73.1 Å². The smallest absolute Gasteiger partial charge is 0.193 e. The van der Waals surface area contributed by atoms with Gasteiger partial charge in [-0.25, -0.2) is 0 Å². The van der Waals surface area contributed by atoms with E-state index in [1.165, 1.54) is 5.56 Å². The molecule has 27 heavy (non-hydrogen) atoms. The van der Waals surface area contributed by atoms with Gasteiger partial charge in [-0.2, -0.15) is 0 Å². The Hall–Kier alpha value is -1.63. The lowest BCUT2D eigenvalue weighted by Gasteiger charge is -2.35. The van der Waals surface area contributed by atoms with E-state index in [0.717, 1.165) is 78.0 Å². The van der Waals surface area contributed by atoms with E-state index in [1.807, 2.05) is 7.05 Å². The molecule has 0 aliphatic carbocycles. The van der Waals surface area contributed by atoms with Crippen LogP contribution in [0, 0.1) is 5.92 Å². The number of rotatable bonds is 7. The number of piperazine rings is 1. The monoisotopic (exact) mass is 373 g/mol. The maximum atomic E-state index is 5.48. The van der Waals surface area contributed by atoms with E-state index in [2.05, 4.69) is 62.4 Å². The van der Waals surface area contributed by atoms with Crippen molar-refractivity contribution in [1.29, 1.82) is 0 Å². The largest absolute Gasteiger partial charge is 0.381 e. The number of nitrogens with one attached hydrogen (secondary N) is 1. The molecule has 3 rings (SSSR count). The normalized spacial score (nSPS) is 22.1. The maximum absolute atomic E-state index is 5.48. The molecule has 1 aromatic rings. The van der Waals surface area contributed by atoms with Crippen LogP contribution in [0.25, 0.3) is 0 Å². The van der Waals surface area contributed by atoms with Crippen LogP contribution < -0.4 is 5.32 Å². The van der Waals surface area contributed by atoms with Crippen LogP contribution in [0.5, 0.6) is 0 Å². The zero-order chi connectivity index (χ0) is 18.9. The summed E-state index contributed by atoms with van der Waals surface area (Å²) < 4.78 is 5.48. The van der Waals surface area contributed by atoms with Gasteiger partial charge < -0.3 is 15.0 Å². The third kappa shape index (κ3) is 6.48. The summed E-state index contributed by atoms with van der Waals surface area (Å²) in [6.07, 6.45) is 1.16. The van der Waals surface area contributed by atoms with Crippen LogP contribution in [0.3, 0.4) is 0 Å². The molecule has 2 heterocycles. The molecule has 2 saturated heterocycles. The number of benzene rings is 1. The summed E-state index contributed by atoms with van der Waals surface area (Å²) in [5.74, 6) is 1.62. The van der Waals surface area contributed by atoms with Crippen molar-refractivity contribution in [3.63, 3.8) is 0 Å². The fraction of sp³-hybridized carbons (Fsp3) is 0.667. The summed E-state index contributed by atoms with van der Waals surface area (Å²) in [6, 6.07) is 10.8. The van der Waals surface area contributed by atoms with Gasteiger partial charge in [0.15, 0.2) is 5.96 Å². The molecule has 0 saturated carbocycles. The fourth-order valence-corrected chi connectivity index (χ4v) is 3.92. The second-order valence-corrected chi connectivity index (χ2v) is 7.69. The van der Waals surface area contributed by atoms with E-state index in [1.54, 1.807) is 0 Å². The molecular formula is C21H35N5O. The van der Waals surface area contributed by atoms with Crippen molar-refractivity contribution in [2.45, 2.75) is 13.0 Å². The lowest BCUT2D eigenvalue weighted by molar-refractivity contribution is 0.128. The first-order chi connectivity index (χ1) is 13.2. The molecular weight excluding hydrogens is 338 g/mol. The average molecular weight is 374 g/mol. The number of aliphatic imine (C=N–C) groups is 1. The minimum absolute atomic E-state index is 0.631. The zero-order valence-corrected chi connectivity index (χ0v) is 16.9. The Morgan fingerprint density at radius 1 is 1.19 bits per heavy atom.